The summed E-state index contributed by atoms with van der Waals surface area (Å²) in [4.78, 5) is 37.9. The van der Waals surface area contributed by atoms with Crippen LogP contribution in [-0.4, -0.2) is 37.3 Å². The van der Waals surface area contributed by atoms with Crippen LogP contribution < -0.4 is 0 Å². The van der Waals surface area contributed by atoms with Crippen molar-refractivity contribution in [3.05, 3.63) is 0 Å². The maximum Gasteiger partial charge on any atom is 0.331 e. The number of hydrogen-bond donors (Lipinski definition) is 0. The summed E-state index contributed by atoms with van der Waals surface area (Å²) in [7, 11) is 0. The number of nitrogens with zero attached hydrogens (tertiary/aromatic N) is 2. The number of isocyanates is 2. The Bertz CT molecular complexity index is 304. The molecule has 0 aliphatic heterocycles. The summed E-state index contributed by atoms with van der Waals surface area (Å²) in [6, 6.07) is -0.842. The first-order valence-corrected chi connectivity index (χ1v) is 5.03. The zero-order chi connectivity index (χ0) is 12.2. The Morgan fingerprint density at radius 1 is 1.38 bits per heavy atom. The summed E-state index contributed by atoms with van der Waals surface area (Å²) in [6.07, 6.45) is 4.20. The predicted molar refractivity (Wildman–Crippen MR) is 55.4 cm³/mol. The minimum Gasteiger partial charge on any atom is -0.464 e. The molecule has 16 heavy (non-hydrogen) atoms. The summed E-state index contributed by atoms with van der Waals surface area (Å²) in [5.41, 5.74) is 0. The normalized spacial score (nSPS) is 10.8. The SMILES string of the molecule is CCCOC(=O)C(CCCN=C=O)N=C=O. The molecule has 1 unspecified atom stereocenters. The lowest BCUT2D eigenvalue weighted by Crippen LogP contribution is -2.22. The molecule has 0 aromatic rings. The van der Waals surface area contributed by atoms with Gasteiger partial charge in [-0.05, 0) is 19.3 Å². The third kappa shape index (κ3) is 6.65. The fraction of sp³-hybridized carbons (Fsp3) is 0.700. The Morgan fingerprint density at radius 2 is 2.12 bits per heavy atom. The van der Waals surface area contributed by atoms with Crippen molar-refractivity contribution in [2.24, 2.45) is 9.98 Å². The predicted octanol–water partition coefficient (Wildman–Crippen LogP) is 0.760. The van der Waals surface area contributed by atoms with Crippen LogP contribution in [0.1, 0.15) is 26.2 Å². The Hall–Kier alpha value is -1.77. The molecule has 6 nitrogen and oxygen atoms in total. The third-order valence-electron chi connectivity index (χ3n) is 1.74. The van der Waals surface area contributed by atoms with E-state index in [2.05, 4.69) is 9.98 Å². The molecule has 0 aromatic carbocycles. The Balaban J connectivity index is 4.09. The van der Waals surface area contributed by atoms with Crippen LogP contribution in [-0.2, 0) is 19.1 Å². The van der Waals surface area contributed by atoms with Gasteiger partial charge in [-0.25, -0.2) is 19.4 Å². The molecule has 6 heteroatoms. The van der Waals surface area contributed by atoms with E-state index in [9.17, 15) is 14.4 Å². The van der Waals surface area contributed by atoms with Gasteiger partial charge in [0.1, 0.15) is 0 Å². The lowest BCUT2D eigenvalue weighted by Gasteiger charge is -2.08. The van der Waals surface area contributed by atoms with Crippen LogP contribution >= 0.6 is 0 Å². The van der Waals surface area contributed by atoms with Crippen LogP contribution in [0.15, 0.2) is 9.98 Å². The van der Waals surface area contributed by atoms with Gasteiger partial charge in [-0.15, -0.1) is 0 Å². The van der Waals surface area contributed by atoms with E-state index in [4.69, 9.17) is 4.74 Å². The fourth-order valence-electron chi connectivity index (χ4n) is 1.01. The van der Waals surface area contributed by atoms with Crippen LogP contribution in [0.4, 0.5) is 0 Å². The molecule has 0 heterocycles. The molecule has 0 amide bonds. The van der Waals surface area contributed by atoms with Crippen LogP contribution in [0.5, 0.6) is 0 Å². The average Bonchev–Trinajstić information content (AvgIpc) is 2.30. The van der Waals surface area contributed by atoms with Gasteiger partial charge in [0.25, 0.3) is 0 Å². The zero-order valence-corrected chi connectivity index (χ0v) is 9.14. The monoisotopic (exact) mass is 226 g/mol. The van der Waals surface area contributed by atoms with E-state index in [0.717, 1.165) is 0 Å². The minimum absolute atomic E-state index is 0.259. The number of esters is 1. The molecular weight excluding hydrogens is 212 g/mol. The molecule has 0 saturated carbocycles. The Labute approximate surface area is 93.4 Å². The summed E-state index contributed by atoms with van der Waals surface area (Å²) >= 11 is 0. The lowest BCUT2D eigenvalue weighted by molar-refractivity contribution is -0.145. The quantitative estimate of drug-likeness (QED) is 0.264. The van der Waals surface area contributed by atoms with Gasteiger partial charge in [-0.3, -0.25) is 0 Å². The van der Waals surface area contributed by atoms with Gasteiger partial charge in [-0.2, -0.15) is 4.99 Å². The topological polar surface area (TPSA) is 85.2 Å². The maximum atomic E-state index is 11.4. The Kier molecular flexibility index (Phi) is 8.69. The van der Waals surface area contributed by atoms with Crippen molar-refractivity contribution < 1.29 is 19.1 Å². The zero-order valence-electron chi connectivity index (χ0n) is 9.14. The second-order valence-electron chi connectivity index (χ2n) is 3.02. The fourth-order valence-corrected chi connectivity index (χ4v) is 1.01. The maximum absolute atomic E-state index is 11.4. The smallest absolute Gasteiger partial charge is 0.331 e. The molecule has 0 spiro atoms. The molecule has 0 fully saturated rings. The van der Waals surface area contributed by atoms with E-state index in [1.807, 2.05) is 6.92 Å². The third-order valence-corrected chi connectivity index (χ3v) is 1.74. The number of hydrogen-bond acceptors (Lipinski definition) is 6. The van der Waals surface area contributed by atoms with Crippen LogP contribution in [0.2, 0.25) is 0 Å². The van der Waals surface area contributed by atoms with Crippen molar-refractivity contribution in [2.45, 2.75) is 32.2 Å². The van der Waals surface area contributed by atoms with Gasteiger partial charge in [0.15, 0.2) is 6.04 Å². The number of ether oxygens (including phenoxy) is 1. The summed E-state index contributed by atoms with van der Waals surface area (Å²) in [6.45, 7) is 2.43. The number of carbonyl (C=O) groups excluding carboxylic acids is 3. The van der Waals surface area contributed by atoms with Crippen LogP contribution in [0, 0.1) is 0 Å². The van der Waals surface area contributed by atoms with Gasteiger partial charge < -0.3 is 4.74 Å². The minimum atomic E-state index is -0.842. The molecule has 0 rings (SSSR count). The first-order chi connectivity index (χ1) is 7.76. The summed E-state index contributed by atoms with van der Waals surface area (Å²) in [5, 5.41) is 0. The van der Waals surface area contributed by atoms with Gasteiger partial charge in [0, 0.05) is 0 Å². The van der Waals surface area contributed by atoms with Crippen molar-refractivity contribution in [1.82, 2.24) is 0 Å². The largest absolute Gasteiger partial charge is 0.464 e. The molecule has 0 bridgehead atoms. The molecule has 0 aromatic heterocycles. The van der Waals surface area contributed by atoms with Gasteiger partial charge in [-0.1, -0.05) is 6.92 Å². The lowest BCUT2D eigenvalue weighted by atomic mass is 10.1. The molecule has 88 valence electrons. The first-order valence-electron chi connectivity index (χ1n) is 5.03. The van der Waals surface area contributed by atoms with Crippen LogP contribution in [0.25, 0.3) is 0 Å². The molecule has 0 saturated heterocycles. The van der Waals surface area contributed by atoms with E-state index < -0.39 is 12.0 Å². The first kappa shape index (κ1) is 14.2. The highest BCUT2D eigenvalue weighted by atomic mass is 16.5. The average molecular weight is 226 g/mol. The van der Waals surface area contributed by atoms with Gasteiger partial charge in [0.05, 0.1) is 13.2 Å². The van der Waals surface area contributed by atoms with Crippen molar-refractivity contribution in [3.8, 4) is 0 Å². The van der Waals surface area contributed by atoms with Crippen molar-refractivity contribution in [1.29, 1.82) is 0 Å². The molecule has 0 N–H and O–H groups in total. The van der Waals surface area contributed by atoms with E-state index in [-0.39, 0.29) is 6.54 Å². The number of aliphatic imine (C=N–C) groups is 2. The van der Waals surface area contributed by atoms with Crippen LogP contribution in [0.3, 0.4) is 0 Å². The highest BCUT2D eigenvalue weighted by molar-refractivity contribution is 5.76. The Morgan fingerprint density at radius 3 is 2.69 bits per heavy atom. The standard InChI is InChI=1S/C10H14N2O4/c1-2-6-16-10(15)9(12-8-14)4-3-5-11-7-13/h9H,2-6H2,1H3. The van der Waals surface area contributed by atoms with Crippen molar-refractivity contribution in [2.75, 3.05) is 13.2 Å². The second-order valence-corrected chi connectivity index (χ2v) is 3.02. The highest BCUT2D eigenvalue weighted by Gasteiger charge is 2.18. The van der Waals surface area contributed by atoms with Gasteiger partial charge >= 0.3 is 5.97 Å². The highest BCUT2D eigenvalue weighted by Crippen LogP contribution is 2.04. The summed E-state index contributed by atoms with van der Waals surface area (Å²) in [5.74, 6) is -0.541. The molecule has 0 radical (unpaired) electrons. The number of carbonyl (C=O) groups is 1. The molecule has 1 atom stereocenters. The van der Waals surface area contributed by atoms with Crippen molar-refractivity contribution in [3.63, 3.8) is 0 Å². The van der Waals surface area contributed by atoms with E-state index in [1.165, 1.54) is 12.2 Å². The van der Waals surface area contributed by atoms with Gasteiger partial charge in [0.2, 0.25) is 12.2 Å². The molecule has 0 aliphatic carbocycles. The molecular formula is C10H14N2O4. The van der Waals surface area contributed by atoms with Crippen molar-refractivity contribution >= 4 is 18.1 Å². The van der Waals surface area contributed by atoms with E-state index in [0.29, 0.717) is 25.9 Å². The number of rotatable bonds is 8. The summed E-state index contributed by atoms with van der Waals surface area (Å²) < 4.78 is 4.84. The molecule has 0 aliphatic rings. The van der Waals surface area contributed by atoms with E-state index in [1.54, 1.807) is 0 Å². The second kappa shape index (κ2) is 9.77. The van der Waals surface area contributed by atoms with E-state index >= 15 is 0 Å².